The lowest BCUT2D eigenvalue weighted by atomic mass is 10.1. The van der Waals surface area contributed by atoms with E-state index in [1.807, 2.05) is 19.9 Å². The summed E-state index contributed by atoms with van der Waals surface area (Å²) in [5.41, 5.74) is 2.90. The monoisotopic (exact) mass is 431 g/mol. The molecule has 152 valence electrons. The van der Waals surface area contributed by atoms with Gasteiger partial charge in [-0.1, -0.05) is 6.07 Å². The van der Waals surface area contributed by atoms with Crippen LogP contribution < -0.4 is 10.0 Å². The first-order chi connectivity index (χ1) is 13.7. The number of carbonyl (C=O) groups excluding carboxylic acids is 1. The molecule has 1 amide bonds. The maximum Gasteiger partial charge on any atom is 0.261 e. The summed E-state index contributed by atoms with van der Waals surface area (Å²) in [6, 6.07) is 11.1. The lowest BCUT2D eigenvalue weighted by molar-refractivity contribution is 0.0949. The van der Waals surface area contributed by atoms with Crippen molar-refractivity contribution in [2.75, 3.05) is 4.72 Å². The Bertz CT molecular complexity index is 1210. The minimum Gasteiger partial charge on any atom is -0.345 e. The van der Waals surface area contributed by atoms with Crippen molar-refractivity contribution >= 4 is 33.8 Å². The van der Waals surface area contributed by atoms with Gasteiger partial charge in [-0.15, -0.1) is 0 Å². The third-order valence-corrected chi connectivity index (χ3v) is 6.33. The third kappa shape index (κ3) is 4.72. The average Bonchev–Trinajstić information content (AvgIpc) is 3.01. The zero-order valence-electron chi connectivity index (χ0n) is 16.2. The molecule has 0 aliphatic heterocycles. The fraction of sp³-hybridized carbons (Fsp3) is 0.211. The smallest absolute Gasteiger partial charge is 0.261 e. The van der Waals surface area contributed by atoms with Gasteiger partial charge in [0.15, 0.2) is 10.6 Å². The van der Waals surface area contributed by atoms with E-state index in [4.69, 9.17) is 12.2 Å². The standard InChI is InChI=1S/C19H21N5O3S2/c1-12-4-7-15(10-13(12)2)23-29(26,27)16-8-5-14(6-9-16)18(25)20-11-17-21-22-19(28)24(17)3/h4-10,23H,11H2,1-3H3,(H,20,25)(H,22,28). The van der Waals surface area contributed by atoms with E-state index in [0.717, 1.165) is 11.1 Å². The quantitative estimate of drug-likeness (QED) is 0.520. The molecule has 0 spiro atoms. The summed E-state index contributed by atoms with van der Waals surface area (Å²) in [7, 11) is -2.01. The van der Waals surface area contributed by atoms with Crippen LogP contribution in [0.5, 0.6) is 0 Å². The van der Waals surface area contributed by atoms with Gasteiger partial charge in [-0.2, -0.15) is 5.10 Å². The molecule has 3 aromatic rings. The number of aryl methyl sites for hydroxylation is 2. The molecule has 1 heterocycles. The highest BCUT2D eigenvalue weighted by molar-refractivity contribution is 7.92. The first kappa shape index (κ1) is 20.7. The van der Waals surface area contributed by atoms with Crippen molar-refractivity contribution in [2.45, 2.75) is 25.3 Å². The maximum atomic E-state index is 12.6. The summed E-state index contributed by atoms with van der Waals surface area (Å²) in [5, 5.41) is 9.39. The van der Waals surface area contributed by atoms with Gasteiger partial charge in [0.05, 0.1) is 11.4 Å². The van der Waals surface area contributed by atoms with E-state index in [2.05, 4.69) is 20.2 Å². The number of hydrogen-bond donors (Lipinski definition) is 3. The number of aromatic amines is 1. The van der Waals surface area contributed by atoms with Crippen molar-refractivity contribution in [3.8, 4) is 0 Å². The summed E-state index contributed by atoms with van der Waals surface area (Å²) in [6.07, 6.45) is 0. The highest BCUT2D eigenvalue weighted by Gasteiger charge is 2.16. The van der Waals surface area contributed by atoms with Crippen LogP contribution in [-0.4, -0.2) is 29.1 Å². The first-order valence-corrected chi connectivity index (χ1v) is 10.6. The van der Waals surface area contributed by atoms with E-state index >= 15 is 0 Å². The van der Waals surface area contributed by atoms with Gasteiger partial charge in [0.2, 0.25) is 0 Å². The Kier molecular flexibility index (Phi) is 5.85. The molecule has 10 heteroatoms. The van der Waals surface area contributed by atoms with Gasteiger partial charge in [-0.05, 0) is 73.6 Å². The maximum absolute atomic E-state index is 12.6. The molecule has 29 heavy (non-hydrogen) atoms. The summed E-state index contributed by atoms with van der Waals surface area (Å²) in [4.78, 5) is 12.4. The van der Waals surface area contributed by atoms with Gasteiger partial charge in [-0.25, -0.2) is 8.42 Å². The van der Waals surface area contributed by atoms with Crippen LogP contribution >= 0.6 is 12.2 Å². The van der Waals surface area contributed by atoms with Crippen molar-refractivity contribution in [3.05, 3.63) is 69.8 Å². The van der Waals surface area contributed by atoms with Crippen molar-refractivity contribution in [1.29, 1.82) is 0 Å². The second kappa shape index (κ2) is 8.18. The number of aromatic nitrogens is 3. The zero-order chi connectivity index (χ0) is 21.2. The number of amides is 1. The van der Waals surface area contributed by atoms with E-state index in [1.54, 1.807) is 23.7 Å². The summed E-state index contributed by atoms with van der Waals surface area (Å²) < 4.78 is 29.9. The van der Waals surface area contributed by atoms with Gasteiger partial charge in [-0.3, -0.25) is 14.6 Å². The number of sulfonamides is 1. The van der Waals surface area contributed by atoms with Crippen LogP contribution in [-0.2, 0) is 23.6 Å². The van der Waals surface area contributed by atoms with Gasteiger partial charge < -0.3 is 9.88 Å². The van der Waals surface area contributed by atoms with E-state index in [1.165, 1.54) is 24.3 Å². The molecular weight excluding hydrogens is 410 g/mol. The Morgan fingerprint density at radius 2 is 1.83 bits per heavy atom. The summed E-state index contributed by atoms with van der Waals surface area (Å²) >= 11 is 5.03. The van der Waals surface area contributed by atoms with Crippen molar-refractivity contribution < 1.29 is 13.2 Å². The molecule has 0 aliphatic rings. The van der Waals surface area contributed by atoms with Crippen LogP contribution in [0.1, 0.15) is 27.3 Å². The number of rotatable bonds is 6. The number of carbonyl (C=O) groups is 1. The molecule has 0 saturated heterocycles. The highest BCUT2D eigenvalue weighted by atomic mass is 32.2. The Balaban J connectivity index is 1.69. The molecule has 3 rings (SSSR count). The number of H-pyrrole nitrogens is 1. The minimum absolute atomic E-state index is 0.0710. The topological polar surface area (TPSA) is 109 Å². The molecule has 0 aliphatic carbocycles. The Morgan fingerprint density at radius 1 is 1.14 bits per heavy atom. The minimum atomic E-state index is -3.75. The molecule has 0 bridgehead atoms. The predicted octanol–water partition coefficient (Wildman–Crippen LogP) is 2.83. The lowest BCUT2D eigenvalue weighted by Gasteiger charge is -2.10. The average molecular weight is 432 g/mol. The molecule has 0 saturated carbocycles. The number of anilines is 1. The van der Waals surface area contributed by atoms with Crippen molar-refractivity contribution in [2.24, 2.45) is 7.05 Å². The van der Waals surface area contributed by atoms with Gasteiger partial charge in [0, 0.05) is 18.3 Å². The normalized spacial score (nSPS) is 11.3. The largest absolute Gasteiger partial charge is 0.345 e. The second-order valence-electron chi connectivity index (χ2n) is 6.62. The van der Waals surface area contributed by atoms with Crippen LogP contribution in [0.3, 0.4) is 0 Å². The SMILES string of the molecule is Cc1ccc(NS(=O)(=O)c2ccc(C(=O)NCc3n[nH]c(=S)n3C)cc2)cc1C. The molecule has 8 nitrogen and oxygen atoms in total. The van der Waals surface area contributed by atoms with Crippen molar-refractivity contribution in [3.63, 3.8) is 0 Å². The number of hydrogen-bond acceptors (Lipinski definition) is 5. The highest BCUT2D eigenvalue weighted by Crippen LogP contribution is 2.19. The first-order valence-electron chi connectivity index (χ1n) is 8.76. The van der Waals surface area contributed by atoms with Crippen LogP contribution in [0.15, 0.2) is 47.4 Å². The molecule has 0 unspecified atom stereocenters. The summed E-state index contributed by atoms with van der Waals surface area (Å²) in [6.45, 7) is 4.06. The Labute approximate surface area is 174 Å². The van der Waals surface area contributed by atoms with Crippen LogP contribution in [0, 0.1) is 18.6 Å². The number of nitrogens with zero attached hydrogens (tertiary/aromatic N) is 2. The zero-order valence-corrected chi connectivity index (χ0v) is 17.8. The second-order valence-corrected chi connectivity index (χ2v) is 8.68. The van der Waals surface area contributed by atoms with Crippen molar-refractivity contribution in [1.82, 2.24) is 20.1 Å². The van der Waals surface area contributed by atoms with E-state index in [-0.39, 0.29) is 17.3 Å². The molecule has 0 atom stereocenters. The van der Waals surface area contributed by atoms with Crippen LogP contribution in [0.4, 0.5) is 5.69 Å². The van der Waals surface area contributed by atoms with E-state index in [9.17, 15) is 13.2 Å². The third-order valence-electron chi connectivity index (χ3n) is 4.57. The Hall–Kier alpha value is -2.98. The lowest BCUT2D eigenvalue weighted by Crippen LogP contribution is -2.24. The van der Waals surface area contributed by atoms with Gasteiger partial charge in [0.25, 0.3) is 15.9 Å². The molecule has 0 radical (unpaired) electrons. The summed E-state index contributed by atoms with van der Waals surface area (Å²) in [5.74, 6) is 0.241. The van der Waals surface area contributed by atoms with Gasteiger partial charge in [0.1, 0.15) is 0 Å². The molecule has 3 N–H and O–H groups in total. The van der Waals surface area contributed by atoms with Crippen LogP contribution in [0.25, 0.3) is 0 Å². The number of nitrogens with one attached hydrogen (secondary N) is 3. The molecule has 2 aromatic carbocycles. The number of benzene rings is 2. The fourth-order valence-corrected chi connectivity index (χ4v) is 3.80. The molecule has 1 aromatic heterocycles. The predicted molar refractivity (Wildman–Crippen MR) is 113 cm³/mol. The fourth-order valence-electron chi connectivity index (χ4n) is 2.60. The molecule has 0 fully saturated rings. The van der Waals surface area contributed by atoms with E-state index in [0.29, 0.717) is 21.8 Å². The van der Waals surface area contributed by atoms with E-state index < -0.39 is 10.0 Å². The Morgan fingerprint density at radius 3 is 2.41 bits per heavy atom. The van der Waals surface area contributed by atoms with Crippen LogP contribution in [0.2, 0.25) is 0 Å². The van der Waals surface area contributed by atoms with Gasteiger partial charge >= 0.3 is 0 Å². The molecular formula is C19H21N5O3S2.